The van der Waals surface area contributed by atoms with Crippen molar-refractivity contribution in [3.63, 3.8) is 0 Å². The Balaban J connectivity index is 0.809. The maximum Gasteiger partial charge on any atom is 0.350 e. The predicted molar refractivity (Wildman–Crippen MR) is 358 cm³/mol. The first-order valence-electron chi connectivity index (χ1n) is 35.6. The van der Waals surface area contributed by atoms with Crippen LogP contribution in [0.1, 0.15) is 205 Å². The Morgan fingerprint density at radius 2 is 1.42 bits per heavy atom. The number of hydrogen-bond acceptors (Lipinski definition) is 17. The fraction of sp³-hybridized carbons (Fsp3) is 0.620. The van der Waals surface area contributed by atoms with Crippen LogP contribution in [0.15, 0.2) is 114 Å². The zero-order valence-electron chi connectivity index (χ0n) is 58.4. The summed E-state index contributed by atoms with van der Waals surface area (Å²) in [5, 5.41) is 29.2. The number of Topliss-reactive ketones (excluding diaryl/α,β-unsaturated/α-hetero) is 1. The van der Waals surface area contributed by atoms with Gasteiger partial charge in [0.15, 0.2) is 12.2 Å². The Labute approximate surface area is 571 Å². The van der Waals surface area contributed by atoms with E-state index in [1.807, 2.05) is 0 Å². The van der Waals surface area contributed by atoms with E-state index in [1.165, 1.54) is 76.5 Å². The van der Waals surface area contributed by atoms with Gasteiger partial charge in [-0.05, 0) is 146 Å². The molecule has 5 saturated carbocycles. The average molecular weight is 1340 g/mol. The number of aliphatic hydroxyl groups is 2. The molecule has 1 amide bonds. The van der Waals surface area contributed by atoms with Gasteiger partial charge in [-0.1, -0.05) is 153 Å². The van der Waals surface area contributed by atoms with Crippen LogP contribution in [0.4, 0.5) is 0 Å². The Morgan fingerprint density at radius 1 is 0.763 bits per heavy atom. The quantitative estimate of drug-likeness (QED) is 0.0509. The summed E-state index contributed by atoms with van der Waals surface area (Å²) in [6.45, 7) is 20.2. The Bertz CT molecular complexity index is 3530. The number of benzene rings is 3. The Hall–Kier alpha value is -7.02. The molecule has 524 valence electrons. The molecule has 3 aromatic rings. The van der Waals surface area contributed by atoms with Crippen LogP contribution in [-0.4, -0.2) is 119 Å². The molecular formula is C79H101NO17. The molecule has 1 heterocycles. The first kappa shape index (κ1) is 71.3. The lowest BCUT2D eigenvalue weighted by molar-refractivity contribution is -0.345. The number of amides is 1. The van der Waals surface area contributed by atoms with Gasteiger partial charge in [-0.25, -0.2) is 14.4 Å². The normalized spacial score (nSPS) is 34.7. The summed E-state index contributed by atoms with van der Waals surface area (Å²) >= 11 is 0. The average Bonchev–Trinajstić information content (AvgIpc) is 1.32. The lowest BCUT2D eigenvalue weighted by atomic mass is 9.43. The number of ether oxygens (including phenoxy) is 7. The van der Waals surface area contributed by atoms with Gasteiger partial charge < -0.3 is 48.7 Å². The van der Waals surface area contributed by atoms with Gasteiger partial charge >= 0.3 is 35.8 Å². The number of carbonyl (C=O) groups is 8. The molecule has 1 aliphatic heterocycles. The number of esters is 6. The minimum absolute atomic E-state index is 0.0457. The molecule has 8 aliphatic rings. The molecule has 3 aromatic carbocycles. The molecule has 0 spiro atoms. The number of hydrogen-bond donors (Lipinski definition) is 3. The fourth-order valence-corrected chi connectivity index (χ4v) is 20.1. The van der Waals surface area contributed by atoms with Crippen molar-refractivity contribution < 1.29 is 81.7 Å². The van der Waals surface area contributed by atoms with Crippen molar-refractivity contribution in [2.24, 2.45) is 69.0 Å². The highest BCUT2D eigenvalue weighted by atomic mass is 16.6. The van der Waals surface area contributed by atoms with E-state index in [4.69, 9.17) is 33.2 Å². The molecule has 6 fully saturated rings. The molecule has 7 aliphatic carbocycles. The van der Waals surface area contributed by atoms with E-state index >= 15 is 9.59 Å². The zero-order valence-corrected chi connectivity index (χ0v) is 58.4. The molecular weight excluding hydrogens is 1230 g/mol. The molecule has 2 bridgehead atoms. The molecule has 97 heavy (non-hydrogen) atoms. The van der Waals surface area contributed by atoms with E-state index in [9.17, 15) is 39.0 Å². The highest BCUT2D eigenvalue weighted by Crippen LogP contribution is 2.69. The third kappa shape index (κ3) is 13.2. The third-order valence-corrected chi connectivity index (χ3v) is 25.2. The van der Waals surface area contributed by atoms with E-state index in [-0.39, 0.29) is 42.1 Å². The van der Waals surface area contributed by atoms with Crippen molar-refractivity contribution in [1.29, 1.82) is 0 Å². The van der Waals surface area contributed by atoms with E-state index in [1.54, 1.807) is 107 Å². The van der Waals surface area contributed by atoms with Crippen LogP contribution >= 0.6 is 0 Å². The molecule has 1 saturated heterocycles. The van der Waals surface area contributed by atoms with Gasteiger partial charge in [0.1, 0.15) is 41.8 Å². The van der Waals surface area contributed by atoms with Crippen LogP contribution in [-0.2, 0) is 61.9 Å². The topological polar surface area (TPSA) is 254 Å². The largest absolute Gasteiger partial charge is 0.462 e. The number of carbonyl (C=O) groups excluding carboxylic acids is 8. The minimum atomic E-state index is -2.34. The first-order chi connectivity index (χ1) is 46.0. The number of rotatable bonds is 21. The summed E-state index contributed by atoms with van der Waals surface area (Å²) in [7, 11) is 0. The summed E-state index contributed by atoms with van der Waals surface area (Å²) in [5.74, 6) is -5.16. The van der Waals surface area contributed by atoms with Gasteiger partial charge in [-0.15, -0.1) is 0 Å². The van der Waals surface area contributed by atoms with Crippen LogP contribution in [0.2, 0.25) is 0 Å². The van der Waals surface area contributed by atoms with Gasteiger partial charge in [-0.3, -0.25) is 24.0 Å². The lowest BCUT2D eigenvalue weighted by Crippen LogP contribution is -2.81. The molecule has 18 nitrogen and oxygen atoms in total. The van der Waals surface area contributed by atoms with Gasteiger partial charge in [-0.2, -0.15) is 0 Å². The standard InChI is InChI=1S/C79H101NO17/c1-45(2)22-21-23-46(3)56-32-33-57-55-31-30-53-40-54(36-38-75(53,9)58(55)37-39-76(56,57)10)93-63(84)35-34-62(83)91-43-64(85)95-67(66(50-24-15-12-16-25-50)80-71(87)51-26-17-13-18-27-51)73(89)94-59-42-79(90)70(96-72(88)52-28-19-14-20-29-52)68-77(11,69(86)48(5)65(47(59)4)74(79,7)8)60(82)41-61-78(68,44-92-61)97-49(6)81/h12-20,24-30,45-46,48,54-61,66-68,70,82,90H,21-23,31-44H2,1-11H3,(H,80,87)/t46?,48-,54+,55?,56?,57?,58?,59?,60+,61-,66+,67-,68+,70+,75+,76-,77-,78+,79-/m1/s1. The van der Waals surface area contributed by atoms with E-state index in [0.29, 0.717) is 40.4 Å². The Morgan fingerprint density at radius 3 is 2.07 bits per heavy atom. The maximum atomic E-state index is 15.7. The van der Waals surface area contributed by atoms with Crippen molar-refractivity contribution in [3.8, 4) is 0 Å². The summed E-state index contributed by atoms with van der Waals surface area (Å²) < 4.78 is 42.7. The van der Waals surface area contributed by atoms with Gasteiger partial charge in [0.25, 0.3) is 5.91 Å². The number of allylic oxidation sites excluding steroid dienone is 1. The van der Waals surface area contributed by atoms with Crippen molar-refractivity contribution in [3.05, 3.63) is 130 Å². The fourth-order valence-electron chi connectivity index (χ4n) is 20.1. The molecule has 6 unspecified atom stereocenters. The van der Waals surface area contributed by atoms with Crippen molar-refractivity contribution >= 4 is 47.5 Å². The molecule has 18 heteroatoms. The second-order valence-corrected chi connectivity index (χ2v) is 31.4. The van der Waals surface area contributed by atoms with Crippen LogP contribution in [0.3, 0.4) is 0 Å². The van der Waals surface area contributed by atoms with Crippen molar-refractivity contribution in [1.82, 2.24) is 5.32 Å². The third-order valence-electron chi connectivity index (χ3n) is 25.2. The monoisotopic (exact) mass is 1340 g/mol. The summed E-state index contributed by atoms with van der Waals surface area (Å²) in [4.78, 5) is 115. The van der Waals surface area contributed by atoms with Gasteiger partial charge in [0.05, 0.1) is 42.4 Å². The summed E-state index contributed by atoms with van der Waals surface area (Å²) in [6.07, 6.45) is 5.34. The number of aliphatic hydroxyl groups excluding tert-OH is 1. The summed E-state index contributed by atoms with van der Waals surface area (Å²) in [6, 6.07) is 22.8. The maximum absolute atomic E-state index is 15.7. The van der Waals surface area contributed by atoms with Gasteiger partial charge in [0.2, 0.25) is 6.10 Å². The molecule has 11 rings (SSSR count). The van der Waals surface area contributed by atoms with E-state index < -0.39 is 137 Å². The van der Waals surface area contributed by atoms with Crippen LogP contribution in [0, 0.1) is 69.0 Å². The molecule has 19 atom stereocenters. The first-order valence-corrected chi connectivity index (χ1v) is 35.6. The number of nitrogens with one attached hydrogen (secondary N) is 1. The lowest BCUT2D eigenvalue weighted by Gasteiger charge is -2.67. The second-order valence-electron chi connectivity index (χ2n) is 31.4. The second kappa shape index (κ2) is 27.9. The van der Waals surface area contributed by atoms with E-state index in [0.717, 1.165) is 42.9 Å². The SMILES string of the molecule is CC(=O)O[C@@]12CO[C@@H]1C[C@H](O)[C@@]1(C)C(=O)[C@H](C)C3=C(C)C(OC(=O)[C@H](OC(=O)COC(=O)CCC(=O)O[C@H]4CC[C@@]5(C)C(=CCC6C7CCC(C(C)CCCC(C)C)[C@@]7(C)CCC65)C4)[C@@H](NC(=O)c4ccccc4)c4ccccc4)C[C@@](O)([C@@H](OC(=O)c4ccccc4)[C@H]21)C3(C)C. The molecule has 3 N–H and O–H groups in total. The highest BCUT2D eigenvalue weighted by molar-refractivity contribution is 5.95. The Kier molecular flexibility index (Phi) is 20.5. The molecule has 0 aromatic heterocycles. The predicted octanol–water partition coefficient (Wildman–Crippen LogP) is 12.3. The zero-order chi connectivity index (χ0) is 69.7. The smallest absolute Gasteiger partial charge is 0.350 e. The number of ketones is 1. The van der Waals surface area contributed by atoms with Crippen molar-refractivity contribution in [2.75, 3.05) is 13.2 Å². The summed E-state index contributed by atoms with van der Waals surface area (Å²) in [5.41, 5.74) is -4.45. The van der Waals surface area contributed by atoms with Crippen LogP contribution in [0.5, 0.6) is 0 Å². The van der Waals surface area contributed by atoms with Crippen molar-refractivity contribution in [2.45, 2.75) is 226 Å². The van der Waals surface area contributed by atoms with E-state index in [2.05, 4.69) is 46.0 Å². The number of fused-ring (bicyclic) bond motifs is 10. The van der Waals surface area contributed by atoms with Crippen LogP contribution in [0.25, 0.3) is 0 Å². The minimum Gasteiger partial charge on any atom is -0.462 e. The van der Waals surface area contributed by atoms with Gasteiger partial charge in [0, 0.05) is 43.1 Å². The molecule has 0 radical (unpaired) electrons. The highest BCUT2D eigenvalue weighted by Gasteiger charge is 2.78. The van der Waals surface area contributed by atoms with Crippen LogP contribution < -0.4 is 5.32 Å².